The highest BCUT2D eigenvalue weighted by Crippen LogP contribution is 2.54. The molecule has 0 aliphatic carbocycles. The van der Waals surface area contributed by atoms with Crippen LogP contribution in [0, 0.1) is 0 Å². The summed E-state index contributed by atoms with van der Waals surface area (Å²) in [7, 11) is -3.68. The Morgan fingerprint density at radius 3 is 2.56 bits per heavy atom. The molecular formula is C13H22NO3P. The van der Waals surface area contributed by atoms with Gasteiger partial charge in [0.15, 0.2) is 0 Å². The van der Waals surface area contributed by atoms with Gasteiger partial charge in [-0.05, 0) is 25.5 Å². The first kappa shape index (κ1) is 15.4. The summed E-state index contributed by atoms with van der Waals surface area (Å²) in [5.41, 5.74) is 0.785. The molecule has 0 spiro atoms. The van der Waals surface area contributed by atoms with Crippen LogP contribution in [-0.4, -0.2) is 18.0 Å². The number of unbranched alkanes of at least 4 members (excludes halogenated alkanes) is 1. The lowest BCUT2D eigenvalue weighted by Gasteiger charge is -2.23. The quantitative estimate of drug-likeness (QED) is 0.562. The summed E-state index contributed by atoms with van der Waals surface area (Å²) in [6, 6.07) is 9.28. The van der Waals surface area contributed by atoms with Crippen LogP contribution >= 0.6 is 7.60 Å². The molecule has 1 aromatic rings. The van der Waals surface area contributed by atoms with E-state index in [1.165, 1.54) is 0 Å². The molecule has 0 heterocycles. The summed E-state index contributed by atoms with van der Waals surface area (Å²) in [5.74, 6) is -0.648. The van der Waals surface area contributed by atoms with Gasteiger partial charge in [-0.15, -0.1) is 0 Å². The predicted octanol–water partition coefficient (Wildman–Crippen LogP) is 3.30. The molecule has 0 bridgehead atoms. The third-order valence-corrected chi connectivity index (χ3v) is 4.39. The first-order valence-corrected chi connectivity index (χ1v) is 8.01. The molecule has 0 fully saturated rings. The molecule has 5 heteroatoms. The Labute approximate surface area is 109 Å². The molecule has 102 valence electrons. The minimum absolute atomic E-state index is 0.229. The fourth-order valence-corrected chi connectivity index (χ4v) is 3.16. The monoisotopic (exact) mass is 271 g/mol. The van der Waals surface area contributed by atoms with E-state index in [0.717, 1.165) is 18.4 Å². The molecule has 0 saturated heterocycles. The van der Waals surface area contributed by atoms with Crippen molar-refractivity contribution in [3.63, 3.8) is 0 Å². The van der Waals surface area contributed by atoms with Gasteiger partial charge in [0.25, 0.3) is 0 Å². The van der Waals surface area contributed by atoms with Crippen molar-refractivity contribution >= 4 is 7.60 Å². The van der Waals surface area contributed by atoms with Crippen molar-refractivity contribution in [3.05, 3.63) is 35.9 Å². The molecule has 2 atom stereocenters. The Bertz CT molecular complexity index is 383. The fourth-order valence-electron chi connectivity index (χ4n) is 1.73. The standard InChI is InChI=1S/C13H22NO3P/c1-3-5-11-14-13(18(15,16)17-4-2)12-9-7-6-8-10-12/h6-10,13-14H,3-5,11H2,1-2H3,(H,15,16). The summed E-state index contributed by atoms with van der Waals surface area (Å²) in [6.45, 7) is 4.73. The number of hydrogen-bond donors (Lipinski definition) is 2. The Morgan fingerprint density at radius 1 is 1.33 bits per heavy atom. The lowest BCUT2D eigenvalue weighted by molar-refractivity contribution is 0.258. The summed E-state index contributed by atoms with van der Waals surface area (Å²) in [6.07, 6.45) is 2.01. The van der Waals surface area contributed by atoms with E-state index >= 15 is 0 Å². The first-order chi connectivity index (χ1) is 8.61. The molecule has 0 radical (unpaired) electrons. The molecule has 18 heavy (non-hydrogen) atoms. The maximum absolute atomic E-state index is 12.2. The Balaban J connectivity index is 2.85. The van der Waals surface area contributed by atoms with Crippen LogP contribution in [0.3, 0.4) is 0 Å². The largest absolute Gasteiger partial charge is 0.349 e. The first-order valence-electron chi connectivity index (χ1n) is 6.37. The van der Waals surface area contributed by atoms with Gasteiger partial charge < -0.3 is 9.42 Å². The molecule has 0 aliphatic rings. The maximum atomic E-state index is 12.2. The van der Waals surface area contributed by atoms with Crippen LogP contribution in [0.4, 0.5) is 0 Å². The molecule has 0 aliphatic heterocycles. The number of rotatable bonds is 8. The molecule has 4 nitrogen and oxygen atoms in total. The van der Waals surface area contributed by atoms with Crippen LogP contribution in [0.25, 0.3) is 0 Å². The Morgan fingerprint density at radius 2 is 2.00 bits per heavy atom. The van der Waals surface area contributed by atoms with E-state index in [4.69, 9.17) is 4.52 Å². The van der Waals surface area contributed by atoms with Crippen LogP contribution in [0.15, 0.2) is 30.3 Å². The SMILES string of the molecule is CCCCNC(c1ccccc1)P(=O)(O)OCC. The highest BCUT2D eigenvalue weighted by atomic mass is 31.2. The van der Waals surface area contributed by atoms with Gasteiger partial charge >= 0.3 is 7.60 Å². The minimum Gasteiger partial charge on any atom is -0.323 e. The topological polar surface area (TPSA) is 58.6 Å². The highest BCUT2D eigenvalue weighted by Gasteiger charge is 2.32. The van der Waals surface area contributed by atoms with Crippen LogP contribution in [0.2, 0.25) is 0 Å². The maximum Gasteiger partial charge on any atom is 0.349 e. The van der Waals surface area contributed by atoms with Crippen molar-refractivity contribution in [2.45, 2.75) is 32.5 Å². The van der Waals surface area contributed by atoms with Gasteiger partial charge in [0, 0.05) is 0 Å². The van der Waals surface area contributed by atoms with Gasteiger partial charge in [0.05, 0.1) is 6.61 Å². The van der Waals surface area contributed by atoms with Crippen LogP contribution in [0.1, 0.15) is 38.0 Å². The van der Waals surface area contributed by atoms with Crippen LogP contribution < -0.4 is 5.32 Å². The van der Waals surface area contributed by atoms with Gasteiger partial charge in [-0.2, -0.15) is 0 Å². The third-order valence-electron chi connectivity index (χ3n) is 2.62. The molecule has 0 saturated carbocycles. The second-order valence-electron chi connectivity index (χ2n) is 4.10. The van der Waals surface area contributed by atoms with Crippen LogP contribution in [-0.2, 0) is 9.09 Å². The second-order valence-corrected chi connectivity index (χ2v) is 6.01. The van der Waals surface area contributed by atoms with Gasteiger partial charge in [-0.1, -0.05) is 43.7 Å². The average molecular weight is 271 g/mol. The van der Waals surface area contributed by atoms with E-state index in [2.05, 4.69) is 12.2 Å². The van der Waals surface area contributed by atoms with Crippen molar-refractivity contribution in [2.75, 3.05) is 13.2 Å². The highest BCUT2D eigenvalue weighted by molar-refractivity contribution is 7.53. The number of benzene rings is 1. The molecular weight excluding hydrogens is 249 g/mol. The summed E-state index contributed by atoms with van der Waals surface area (Å²) in [4.78, 5) is 10.00. The number of nitrogens with one attached hydrogen (secondary N) is 1. The van der Waals surface area contributed by atoms with Crippen molar-refractivity contribution in [2.24, 2.45) is 0 Å². The van der Waals surface area contributed by atoms with E-state index in [9.17, 15) is 9.46 Å². The minimum atomic E-state index is -3.68. The van der Waals surface area contributed by atoms with E-state index < -0.39 is 13.4 Å². The summed E-state index contributed by atoms with van der Waals surface area (Å²) < 4.78 is 17.2. The van der Waals surface area contributed by atoms with Crippen molar-refractivity contribution in [3.8, 4) is 0 Å². The lowest BCUT2D eigenvalue weighted by Crippen LogP contribution is -2.23. The molecule has 0 amide bonds. The zero-order valence-corrected chi connectivity index (χ0v) is 11.9. The van der Waals surface area contributed by atoms with Gasteiger partial charge in [-0.3, -0.25) is 9.88 Å². The predicted molar refractivity (Wildman–Crippen MR) is 73.5 cm³/mol. The van der Waals surface area contributed by atoms with Gasteiger partial charge in [0.2, 0.25) is 0 Å². The summed E-state index contributed by atoms with van der Waals surface area (Å²) in [5, 5.41) is 3.12. The zero-order chi connectivity index (χ0) is 13.4. The van der Waals surface area contributed by atoms with Crippen molar-refractivity contribution < 1.29 is 14.0 Å². The van der Waals surface area contributed by atoms with Crippen LogP contribution in [0.5, 0.6) is 0 Å². The Kier molecular flexibility index (Phi) is 6.58. The molecule has 0 aromatic heterocycles. The molecule has 2 unspecified atom stereocenters. The van der Waals surface area contributed by atoms with E-state index in [-0.39, 0.29) is 6.61 Å². The molecule has 1 rings (SSSR count). The number of hydrogen-bond acceptors (Lipinski definition) is 3. The van der Waals surface area contributed by atoms with Crippen molar-refractivity contribution in [1.29, 1.82) is 0 Å². The molecule has 2 N–H and O–H groups in total. The Hall–Kier alpha value is -0.670. The third kappa shape index (κ3) is 4.54. The second kappa shape index (κ2) is 7.70. The van der Waals surface area contributed by atoms with E-state index in [1.54, 1.807) is 6.92 Å². The van der Waals surface area contributed by atoms with Crippen molar-refractivity contribution in [1.82, 2.24) is 5.32 Å². The zero-order valence-electron chi connectivity index (χ0n) is 11.0. The van der Waals surface area contributed by atoms with Gasteiger partial charge in [0.1, 0.15) is 5.78 Å². The fraction of sp³-hybridized carbons (Fsp3) is 0.538. The van der Waals surface area contributed by atoms with E-state index in [1.807, 2.05) is 30.3 Å². The lowest BCUT2D eigenvalue weighted by atomic mass is 10.2. The van der Waals surface area contributed by atoms with E-state index in [0.29, 0.717) is 6.54 Å². The van der Waals surface area contributed by atoms with Gasteiger partial charge in [-0.25, -0.2) is 0 Å². The average Bonchev–Trinajstić information content (AvgIpc) is 2.35. The normalized spacial score (nSPS) is 16.2. The summed E-state index contributed by atoms with van der Waals surface area (Å²) >= 11 is 0. The smallest absolute Gasteiger partial charge is 0.323 e. The molecule has 1 aromatic carbocycles.